The first-order valence-electron chi connectivity index (χ1n) is 9.17. The molecule has 4 aliphatic carbocycles. The van der Waals surface area contributed by atoms with Crippen LogP contribution in [0.2, 0.25) is 0 Å². The number of hydrogen-bond acceptors (Lipinski definition) is 3. The van der Waals surface area contributed by atoms with Gasteiger partial charge in [0.1, 0.15) is 5.82 Å². The maximum absolute atomic E-state index is 13.8. The van der Waals surface area contributed by atoms with Gasteiger partial charge in [-0.05, 0) is 80.9 Å². The van der Waals surface area contributed by atoms with Crippen molar-refractivity contribution in [3.63, 3.8) is 0 Å². The van der Waals surface area contributed by atoms with E-state index in [1.165, 1.54) is 31.4 Å². The molecule has 134 valence electrons. The Balaban J connectivity index is 1.35. The number of benzene rings is 1. The number of ether oxygens (including phenoxy) is 1. The molecule has 1 amide bonds. The van der Waals surface area contributed by atoms with Gasteiger partial charge in [-0.1, -0.05) is 6.07 Å². The normalized spacial score (nSPS) is 32.5. The fraction of sp³-hybridized carbons (Fsp3) is 0.600. The number of amides is 1. The van der Waals surface area contributed by atoms with Crippen molar-refractivity contribution in [2.45, 2.75) is 45.4 Å². The lowest BCUT2D eigenvalue weighted by molar-refractivity contribution is -0.172. The van der Waals surface area contributed by atoms with Gasteiger partial charge in [0.05, 0.1) is 11.1 Å². The molecular weight excluding hydrogens is 321 g/mol. The molecule has 0 aliphatic heterocycles. The van der Waals surface area contributed by atoms with E-state index in [0.29, 0.717) is 17.8 Å². The monoisotopic (exact) mass is 345 g/mol. The van der Waals surface area contributed by atoms with Crippen LogP contribution in [-0.4, -0.2) is 18.5 Å². The summed E-state index contributed by atoms with van der Waals surface area (Å²) in [6.45, 7) is 1.43. The minimum atomic E-state index is -0.499. The molecule has 0 atom stereocenters. The third-order valence-electron chi connectivity index (χ3n) is 6.20. The van der Waals surface area contributed by atoms with E-state index in [-0.39, 0.29) is 23.7 Å². The zero-order valence-corrected chi connectivity index (χ0v) is 14.5. The molecule has 0 heterocycles. The van der Waals surface area contributed by atoms with Gasteiger partial charge in [-0.25, -0.2) is 4.39 Å². The lowest BCUT2D eigenvalue weighted by Gasteiger charge is -2.55. The number of aryl methyl sites for hydroxylation is 1. The van der Waals surface area contributed by atoms with Crippen LogP contribution in [0.4, 0.5) is 10.1 Å². The Bertz CT molecular complexity index is 680. The Labute approximate surface area is 147 Å². The first kappa shape index (κ1) is 16.6. The first-order valence-corrected chi connectivity index (χ1v) is 9.17. The summed E-state index contributed by atoms with van der Waals surface area (Å²) in [6, 6.07) is 4.60. The van der Waals surface area contributed by atoms with E-state index in [4.69, 9.17) is 4.74 Å². The van der Waals surface area contributed by atoms with Gasteiger partial charge in [-0.3, -0.25) is 9.59 Å². The van der Waals surface area contributed by atoms with E-state index >= 15 is 0 Å². The van der Waals surface area contributed by atoms with Crippen LogP contribution in [0.5, 0.6) is 0 Å². The predicted octanol–water partition coefficient (Wildman–Crippen LogP) is 3.83. The third kappa shape index (κ3) is 3.16. The number of nitrogens with one attached hydrogen (secondary N) is 1. The van der Waals surface area contributed by atoms with Gasteiger partial charge in [-0.15, -0.1) is 0 Å². The number of halogens is 1. The maximum Gasteiger partial charge on any atom is 0.312 e. The van der Waals surface area contributed by atoms with Crippen molar-refractivity contribution in [3.8, 4) is 0 Å². The van der Waals surface area contributed by atoms with Crippen LogP contribution in [0.3, 0.4) is 0 Å². The summed E-state index contributed by atoms with van der Waals surface area (Å²) in [5.74, 6) is 0.727. The lowest BCUT2D eigenvalue weighted by Crippen LogP contribution is -2.50. The molecule has 1 aromatic rings. The highest BCUT2D eigenvalue weighted by Crippen LogP contribution is 2.60. The number of esters is 1. The molecule has 5 rings (SSSR count). The molecular formula is C20H24FNO3. The van der Waals surface area contributed by atoms with E-state index in [1.54, 1.807) is 13.0 Å². The van der Waals surface area contributed by atoms with Gasteiger partial charge in [0.2, 0.25) is 0 Å². The minimum Gasteiger partial charge on any atom is -0.455 e. The van der Waals surface area contributed by atoms with Crippen molar-refractivity contribution >= 4 is 17.6 Å². The van der Waals surface area contributed by atoms with E-state index in [2.05, 4.69) is 5.32 Å². The fourth-order valence-corrected chi connectivity index (χ4v) is 5.55. The van der Waals surface area contributed by atoms with Gasteiger partial charge in [0, 0.05) is 0 Å². The fourth-order valence-electron chi connectivity index (χ4n) is 5.55. The van der Waals surface area contributed by atoms with E-state index in [0.717, 1.165) is 24.8 Å². The van der Waals surface area contributed by atoms with Crippen LogP contribution >= 0.6 is 0 Å². The Morgan fingerprint density at radius 1 is 1.16 bits per heavy atom. The van der Waals surface area contributed by atoms with Gasteiger partial charge in [0.15, 0.2) is 6.61 Å². The topological polar surface area (TPSA) is 55.4 Å². The second-order valence-electron chi connectivity index (χ2n) is 8.31. The molecule has 4 aliphatic rings. The van der Waals surface area contributed by atoms with Crippen LogP contribution in [0, 0.1) is 35.9 Å². The average Bonchev–Trinajstić information content (AvgIpc) is 2.54. The molecule has 4 nitrogen and oxygen atoms in total. The highest BCUT2D eigenvalue weighted by atomic mass is 19.1. The van der Waals surface area contributed by atoms with Crippen LogP contribution in [0.25, 0.3) is 0 Å². The summed E-state index contributed by atoms with van der Waals surface area (Å²) in [5.41, 5.74) is 0.523. The third-order valence-corrected chi connectivity index (χ3v) is 6.20. The minimum absolute atomic E-state index is 0.112. The van der Waals surface area contributed by atoms with Crippen LogP contribution in [0.1, 0.15) is 44.1 Å². The Kier molecular flexibility index (Phi) is 4.05. The second kappa shape index (κ2) is 6.11. The zero-order chi connectivity index (χ0) is 17.6. The second-order valence-corrected chi connectivity index (χ2v) is 8.31. The van der Waals surface area contributed by atoms with Gasteiger partial charge >= 0.3 is 5.97 Å². The molecule has 1 N–H and O–H groups in total. The number of hydrogen-bond donors (Lipinski definition) is 1. The van der Waals surface area contributed by atoms with Crippen molar-refractivity contribution < 1.29 is 18.7 Å². The highest BCUT2D eigenvalue weighted by molar-refractivity contribution is 5.93. The molecule has 0 saturated heterocycles. The van der Waals surface area contributed by atoms with E-state index in [9.17, 15) is 14.0 Å². The SMILES string of the molecule is Cc1ccc(NC(=O)COC(=O)C23CC4CC(CC(C4)C2)C3)c(F)c1. The summed E-state index contributed by atoms with van der Waals surface area (Å²) in [7, 11) is 0. The molecule has 25 heavy (non-hydrogen) atoms. The summed E-state index contributed by atoms with van der Waals surface area (Å²) < 4.78 is 19.1. The molecule has 0 unspecified atom stereocenters. The van der Waals surface area contributed by atoms with Crippen LogP contribution in [-0.2, 0) is 14.3 Å². The quantitative estimate of drug-likeness (QED) is 0.844. The Hall–Kier alpha value is -1.91. The molecule has 0 aromatic heterocycles. The lowest BCUT2D eigenvalue weighted by atomic mass is 9.49. The smallest absolute Gasteiger partial charge is 0.312 e. The largest absolute Gasteiger partial charge is 0.455 e. The Morgan fingerprint density at radius 2 is 1.76 bits per heavy atom. The molecule has 5 heteroatoms. The summed E-state index contributed by atoms with van der Waals surface area (Å²) >= 11 is 0. The highest BCUT2D eigenvalue weighted by Gasteiger charge is 2.55. The summed E-state index contributed by atoms with van der Waals surface area (Å²) in [5, 5.41) is 2.48. The van der Waals surface area contributed by atoms with E-state index < -0.39 is 11.7 Å². The molecule has 0 radical (unpaired) electrons. The zero-order valence-electron chi connectivity index (χ0n) is 14.5. The number of rotatable bonds is 4. The first-order chi connectivity index (χ1) is 11.9. The molecule has 1 aromatic carbocycles. The summed E-state index contributed by atoms with van der Waals surface area (Å²) in [4.78, 5) is 24.7. The van der Waals surface area contributed by atoms with Gasteiger partial charge in [0.25, 0.3) is 5.91 Å². The molecule has 0 spiro atoms. The standard InChI is InChI=1S/C20H24FNO3/c1-12-2-3-17(16(21)4-12)22-18(23)11-25-19(24)20-8-13-5-14(9-20)7-15(6-13)10-20/h2-4,13-15H,5-11H2,1H3,(H,22,23). The van der Waals surface area contributed by atoms with E-state index in [1.807, 2.05) is 0 Å². The average molecular weight is 345 g/mol. The van der Waals surface area contributed by atoms with Gasteiger partial charge < -0.3 is 10.1 Å². The predicted molar refractivity (Wildman–Crippen MR) is 91.3 cm³/mol. The van der Waals surface area contributed by atoms with Crippen molar-refractivity contribution in [1.82, 2.24) is 0 Å². The molecule has 4 bridgehead atoms. The van der Waals surface area contributed by atoms with Crippen LogP contribution in [0.15, 0.2) is 18.2 Å². The van der Waals surface area contributed by atoms with Gasteiger partial charge in [-0.2, -0.15) is 0 Å². The van der Waals surface area contributed by atoms with Crippen molar-refractivity contribution in [2.24, 2.45) is 23.2 Å². The summed E-state index contributed by atoms with van der Waals surface area (Å²) in [6.07, 6.45) is 6.48. The number of carbonyl (C=O) groups excluding carboxylic acids is 2. The van der Waals surface area contributed by atoms with Crippen molar-refractivity contribution in [2.75, 3.05) is 11.9 Å². The number of carbonyl (C=O) groups is 2. The van der Waals surface area contributed by atoms with Crippen LogP contribution < -0.4 is 5.32 Å². The molecule has 4 saturated carbocycles. The Morgan fingerprint density at radius 3 is 2.32 bits per heavy atom. The number of anilines is 1. The van der Waals surface area contributed by atoms with Crippen molar-refractivity contribution in [1.29, 1.82) is 0 Å². The van der Waals surface area contributed by atoms with Crippen molar-refractivity contribution in [3.05, 3.63) is 29.6 Å². The maximum atomic E-state index is 13.8. The molecule has 4 fully saturated rings.